The topological polar surface area (TPSA) is 57.3 Å². The van der Waals surface area contributed by atoms with Gasteiger partial charge in [-0.15, -0.1) is 24.8 Å². The van der Waals surface area contributed by atoms with E-state index in [2.05, 4.69) is 33.8 Å². The predicted octanol–water partition coefficient (Wildman–Crippen LogP) is 2.52. The first-order valence-electron chi connectivity index (χ1n) is 7.36. The number of nitrogens with zero attached hydrogens (tertiary/aromatic N) is 2. The van der Waals surface area contributed by atoms with Crippen LogP contribution in [0, 0.1) is 0 Å². The maximum atomic E-state index is 12.2. The molecule has 1 aromatic heterocycles. The number of halogens is 2. The molecule has 1 aromatic carbocycles. The van der Waals surface area contributed by atoms with Crippen LogP contribution in [0.2, 0.25) is 0 Å². The number of nitrogens with one attached hydrogen (secondary N) is 2. The second-order valence-corrected chi connectivity index (χ2v) is 5.69. The van der Waals surface area contributed by atoms with Gasteiger partial charge in [0.2, 0.25) is 0 Å². The number of pyridine rings is 1. The van der Waals surface area contributed by atoms with E-state index in [4.69, 9.17) is 0 Å². The number of amides is 1. The van der Waals surface area contributed by atoms with Gasteiger partial charge in [-0.1, -0.05) is 18.2 Å². The summed E-state index contributed by atoms with van der Waals surface area (Å²) in [7, 11) is 3.84. The Morgan fingerprint density at radius 2 is 1.92 bits per heavy atom. The number of rotatable bonds is 4. The summed E-state index contributed by atoms with van der Waals surface area (Å²) in [5.74, 6) is 0.735. The number of aromatic nitrogens is 1. The molecule has 0 aliphatic carbocycles. The van der Waals surface area contributed by atoms with Gasteiger partial charge in [-0.2, -0.15) is 0 Å². The maximum Gasteiger partial charge on any atom is 0.253 e. The molecule has 130 valence electrons. The first-order valence-corrected chi connectivity index (χ1v) is 7.36. The number of hydrogen-bond donors (Lipinski definition) is 2. The summed E-state index contributed by atoms with van der Waals surface area (Å²) < 4.78 is 0. The molecule has 0 saturated carbocycles. The highest BCUT2D eigenvalue weighted by atomic mass is 35.5. The Morgan fingerprint density at radius 3 is 2.58 bits per heavy atom. The van der Waals surface area contributed by atoms with Crippen LogP contribution in [0.3, 0.4) is 0 Å². The Morgan fingerprint density at radius 1 is 1.17 bits per heavy atom. The largest absolute Gasteiger partial charge is 0.363 e. The smallest absolute Gasteiger partial charge is 0.253 e. The van der Waals surface area contributed by atoms with Crippen LogP contribution in [0.25, 0.3) is 0 Å². The van der Waals surface area contributed by atoms with Crippen LogP contribution in [0.5, 0.6) is 0 Å². The lowest BCUT2D eigenvalue weighted by Gasteiger charge is -2.11. The molecule has 2 heterocycles. The number of carbonyl (C=O) groups excluding carboxylic acids is 1. The van der Waals surface area contributed by atoms with Crippen molar-refractivity contribution in [3.05, 3.63) is 58.8 Å². The molecule has 5 nitrogen and oxygen atoms in total. The molecule has 0 atom stereocenters. The van der Waals surface area contributed by atoms with Crippen LogP contribution in [0.1, 0.15) is 27.0 Å². The van der Waals surface area contributed by atoms with Crippen LogP contribution in [-0.4, -0.2) is 25.0 Å². The first-order chi connectivity index (χ1) is 10.6. The molecule has 0 saturated heterocycles. The molecule has 24 heavy (non-hydrogen) atoms. The van der Waals surface area contributed by atoms with E-state index < -0.39 is 0 Å². The normalized spacial score (nSPS) is 11.8. The van der Waals surface area contributed by atoms with Crippen molar-refractivity contribution in [2.24, 2.45) is 0 Å². The molecule has 2 aromatic rings. The van der Waals surface area contributed by atoms with E-state index in [1.165, 1.54) is 11.1 Å². The molecule has 0 fully saturated rings. The first kappa shape index (κ1) is 20.2. The second-order valence-electron chi connectivity index (χ2n) is 5.69. The van der Waals surface area contributed by atoms with Crippen molar-refractivity contribution < 1.29 is 4.79 Å². The van der Waals surface area contributed by atoms with Crippen LogP contribution >= 0.6 is 24.8 Å². The van der Waals surface area contributed by atoms with E-state index in [9.17, 15) is 4.79 Å². The van der Waals surface area contributed by atoms with Crippen LogP contribution in [-0.2, 0) is 19.6 Å². The molecule has 0 radical (unpaired) electrons. The Labute approximate surface area is 154 Å². The van der Waals surface area contributed by atoms with Gasteiger partial charge in [-0.3, -0.25) is 4.79 Å². The molecule has 0 unspecified atom stereocenters. The Kier molecular flexibility index (Phi) is 7.48. The third-order valence-corrected chi connectivity index (χ3v) is 3.82. The van der Waals surface area contributed by atoms with Crippen LogP contribution in [0.4, 0.5) is 5.82 Å². The van der Waals surface area contributed by atoms with Crippen molar-refractivity contribution in [1.29, 1.82) is 0 Å². The zero-order chi connectivity index (χ0) is 15.5. The summed E-state index contributed by atoms with van der Waals surface area (Å²) in [6.07, 6.45) is 1.61. The van der Waals surface area contributed by atoms with E-state index >= 15 is 0 Å². The minimum absolute atomic E-state index is 0. The zero-order valence-electron chi connectivity index (χ0n) is 13.7. The van der Waals surface area contributed by atoms with Crippen LogP contribution < -0.4 is 15.5 Å². The molecule has 1 aliphatic rings. The van der Waals surface area contributed by atoms with Gasteiger partial charge in [0.05, 0.1) is 5.56 Å². The van der Waals surface area contributed by atoms with E-state index in [0.29, 0.717) is 12.1 Å². The van der Waals surface area contributed by atoms with E-state index in [1.54, 1.807) is 12.3 Å². The zero-order valence-corrected chi connectivity index (χ0v) is 15.3. The fourth-order valence-electron chi connectivity index (χ4n) is 2.53. The lowest BCUT2D eigenvalue weighted by atomic mass is 10.1. The van der Waals surface area contributed by atoms with Gasteiger partial charge < -0.3 is 15.5 Å². The fourth-order valence-corrected chi connectivity index (χ4v) is 2.53. The Balaban J connectivity index is 0.00000144. The highest BCUT2D eigenvalue weighted by molar-refractivity contribution is 5.94. The monoisotopic (exact) mass is 368 g/mol. The standard InChI is InChI=1S/C17H20N4O.2ClH/c1-21(2)16-6-5-14(11-19-16)17(22)20-8-12-3-4-13-9-18-10-15(13)7-12;;/h3-7,11,18H,8-10H2,1-2H3,(H,20,22);2*1H. The highest BCUT2D eigenvalue weighted by Gasteiger charge is 2.11. The predicted molar refractivity (Wildman–Crippen MR) is 101 cm³/mol. The van der Waals surface area contributed by atoms with Gasteiger partial charge in [-0.25, -0.2) is 4.98 Å². The molecule has 7 heteroatoms. The molecule has 0 spiro atoms. The van der Waals surface area contributed by atoms with Crippen LogP contribution in [0.15, 0.2) is 36.5 Å². The number of anilines is 1. The lowest BCUT2D eigenvalue weighted by Crippen LogP contribution is -2.23. The van der Waals surface area contributed by atoms with Gasteiger partial charge in [0.1, 0.15) is 5.82 Å². The highest BCUT2D eigenvalue weighted by Crippen LogP contribution is 2.17. The minimum Gasteiger partial charge on any atom is -0.363 e. The molecule has 0 bridgehead atoms. The second kappa shape index (κ2) is 8.87. The van der Waals surface area contributed by atoms with Crippen molar-refractivity contribution in [1.82, 2.24) is 15.6 Å². The number of carbonyl (C=O) groups is 1. The molecular formula is C17H22Cl2N4O. The summed E-state index contributed by atoms with van der Waals surface area (Å²) in [4.78, 5) is 18.3. The summed E-state index contributed by atoms with van der Waals surface area (Å²) in [6.45, 7) is 2.38. The van der Waals surface area contributed by atoms with Crippen molar-refractivity contribution in [3.63, 3.8) is 0 Å². The number of hydrogen-bond acceptors (Lipinski definition) is 4. The van der Waals surface area contributed by atoms with E-state index in [1.807, 2.05) is 25.1 Å². The maximum absolute atomic E-state index is 12.2. The van der Waals surface area contributed by atoms with Crippen molar-refractivity contribution in [2.45, 2.75) is 19.6 Å². The quantitative estimate of drug-likeness (QED) is 0.870. The Hall–Kier alpha value is -1.82. The van der Waals surface area contributed by atoms with E-state index in [-0.39, 0.29) is 30.7 Å². The summed E-state index contributed by atoms with van der Waals surface area (Å²) in [5, 5.41) is 6.26. The number of fused-ring (bicyclic) bond motifs is 1. The van der Waals surface area contributed by atoms with Gasteiger partial charge in [0.25, 0.3) is 5.91 Å². The van der Waals surface area contributed by atoms with E-state index in [0.717, 1.165) is 24.5 Å². The van der Waals surface area contributed by atoms with Crippen molar-refractivity contribution in [2.75, 3.05) is 19.0 Å². The third-order valence-electron chi connectivity index (χ3n) is 3.82. The molecule has 1 aliphatic heterocycles. The van der Waals surface area contributed by atoms with Crippen molar-refractivity contribution in [3.8, 4) is 0 Å². The van der Waals surface area contributed by atoms with Gasteiger partial charge in [-0.05, 0) is 28.8 Å². The number of benzene rings is 1. The SMILES string of the molecule is CN(C)c1ccc(C(=O)NCc2ccc3c(c2)CNC3)cn1.Cl.Cl. The molecule has 3 rings (SSSR count). The van der Waals surface area contributed by atoms with Gasteiger partial charge in [0.15, 0.2) is 0 Å². The summed E-state index contributed by atoms with van der Waals surface area (Å²) in [6, 6.07) is 9.99. The third kappa shape index (κ3) is 4.60. The summed E-state index contributed by atoms with van der Waals surface area (Å²) >= 11 is 0. The van der Waals surface area contributed by atoms with Gasteiger partial charge in [0, 0.05) is 39.9 Å². The molecular weight excluding hydrogens is 347 g/mol. The minimum atomic E-state index is -0.101. The fraction of sp³-hybridized carbons (Fsp3) is 0.294. The average Bonchev–Trinajstić information content (AvgIpc) is 3.00. The molecule has 2 N–H and O–H groups in total. The Bertz CT molecular complexity index is 689. The van der Waals surface area contributed by atoms with Crippen molar-refractivity contribution >= 4 is 36.5 Å². The summed E-state index contributed by atoms with van der Waals surface area (Å²) in [5.41, 5.74) is 4.37. The molecule has 1 amide bonds. The lowest BCUT2D eigenvalue weighted by molar-refractivity contribution is 0.0950. The average molecular weight is 369 g/mol. The van der Waals surface area contributed by atoms with Gasteiger partial charge >= 0.3 is 0 Å².